The molecule has 0 amide bonds. The Balaban J connectivity index is 1.88. The molecule has 1 saturated heterocycles. The molecular weight excluding hydrogens is 410 g/mol. The Kier molecular flexibility index (Phi) is 5.11. The maximum absolute atomic E-state index is 12.0. The second kappa shape index (κ2) is 7.51. The highest BCUT2D eigenvalue weighted by atomic mass is 79.9. The van der Waals surface area contributed by atoms with Crippen molar-refractivity contribution in [2.75, 3.05) is 6.54 Å². The summed E-state index contributed by atoms with van der Waals surface area (Å²) >= 11 is 5.31. The standard InChI is InChI=1S/C21H20BrNO2S/c22-15-7-5-6-14(12-15)20(23-11-4-3-9-18(23)21(24)25)17-13-26-19-10-2-1-8-16(17)19/h1-2,5-8,10,12-13,18,20H,3-4,9,11H2,(H,24,25). The molecule has 134 valence electrons. The highest BCUT2D eigenvalue weighted by Gasteiger charge is 2.36. The molecule has 1 aromatic heterocycles. The van der Waals surface area contributed by atoms with Crippen LogP contribution in [-0.2, 0) is 4.79 Å². The molecule has 0 spiro atoms. The fourth-order valence-electron chi connectivity index (χ4n) is 3.96. The van der Waals surface area contributed by atoms with E-state index in [1.165, 1.54) is 15.6 Å². The summed E-state index contributed by atoms with van der Waals surface area (Å²) in [7, 11) is 0. The number of carbonyl (C=O) groups is 1. The van der Waals surface area contributed by atoms with Crippen molar-refractivity contribution in [2.24, 2.45) is 0 Å². The van der Waals surface area contributed by atoms with E-state index in [1.54, 1.807) is 11.3 Å². The van der Waals surface area contributed by atoms with E-state index in [9.17, 15) is 9.90 Å². The first-order chi connectivity index (χ1) is 12.6. The molecular formula is C21H20BrNO2S. The first kappa shape index (κ1) is 17.7. The number of nitrogens with zero attached hydrogens (tertiary/aromatic N) is 1. The average Bonchev–Trinajstić information content (AvgIpc) is 3.06. The van der Waals surface area contributed by atoms with Gasteiger partial charge in [0.25, 0.3) is 0 Å². The summed E-state index contributed by atoms with van der Waals surface area (Å²) in [6.07, 6.45) is 2.72. The number of carboxylic acid groups (broad SMARTS) is 1. The molecule has 0 aliphatic carbocycles. The van der Waals surface area contributed by atoms with Crippen LogP contribution in [-0.4, -0.2) is 28.6 Å². The molecule has 0 saturated carbocycles. The summed E-state index contributed by atoms with van der Waals surface area (Å²) in [4.78, 5) is 14.1. The van der Waals surface area contributed by atoms with Crippen LogP contribution in [0.4, 0.5) is 0 Å². The first-order valence-electron chi connectivity index (χ1n) is 8.85. The fourth-order valence-corrected chi connectivity index (χ4v) is 5.36. The number of hydrogen-bond acceptors (Lipinski definition) is 3. The van der Waals surface area contributed by atoms with Crippen LogP contribution in [0, 0.1) is 0 Å². The minimum absolute atomic E-state index is 0.0509. The Labute approximate surface area is 165 Å². The number of piperidine rings is 1. The van der Waals surface area contributed by atoms with Crippen LogP contribution in [0.3, 0.4) is 0 Å². The highest BCUT2D eigenvalue weighted by Crippen LogP contribution is 2.40. The second-order valence-electron chi connectivity index (χ2n) is 6.73. The quantitative estimate of drug-likeness (QED) is 0.578. The van der Waals surface area contributed by atoms with Crippen molar-refractivity contribution >= 4 is 43.3 Å². The van der Waals surface area contributed by atoms with Gasteiger partial charge in [-0.15, -0.1) is 11.3 Å². The third-order valence-electron chi connectivity index (χ3n) is 5.13. The van der Waals surface area contributed by atoms with Gasteiger partial charge < -0.3 is 5.11 Å². The van der Waals surface area contributed by atoms with Crippen LogP contribution >= 0.6 is 27.3 Å². The topological polar surface area (TPSA) is 40.5 Å². The minimum atomic E-state index is -0.718. The lowest BCUT2D eigenvalue weighted by atomic mass is 9.91. The number of rotatable bonds is 4. The van der Waals surface area contributed by atoms with E-state index in [4.69, 9.17) is 0 Å². The summed E-state index contributed by atoms with van der Waals surface area (Å²) in [6, 6.07) is 16.2. The van der Waals surface area contributed by atoms with Crippen LogP contribution < -0.4 is 0 Å². The lowest BCUT2D eigenvalue weighted by Crippen LogP contribution is -2.46. The average molecular weight is 430 g/mol. The molecule has 2 unspecified atom stereocenters. The van der Waals surface area contributed by atoms with Gasteiger partial charge in [0, 0.05) is 9.17 Å². The van der Waals surface area contributed by atoms with E-state index >= 15 is 0 Å². The Morgan fingerprint density at radius 3 is 2.85 bits per heavy atom. The Bertz CT molecular complexity index is 938. The van der Waals surface area contributed by atoms with Crippen LogP contribution in [0.1, 0.15) is 36.4 Å². The lowest BCUT2D eigenvalue weighted by molar-refractivity contribution is -0.145. The largest absolute Gasteiger partial charge is 0.480 e. The number of aliphatic carboxylic acids is 1. The van der Waals surface area contributed by atoms with E-state index in [0.717, 1.165) is 29.4 Å². The molecule has 4 rings (SSSR count). The van der Waals surface area contributed by atoms with Crippen LogP contribution in [0.15, 0.2) is 58.4 Å². The van der Waals surface area contributed by atoms with Crippen molar-refractivity contribution in [1.29, 1.82) is 0 Å². The van der Waals surface area contributed by atoms with Crippen molar-refractivity contribution in [3.63, 3.8) is 0 Å². The second-order valence-corrected chi connectivity index (χ2v) is 8.56. The van der Waals surface area contributed by atoms with Gasteiger partial charge in [0.15, 0.2) is 0 Å². The Morgan fingerprint density at radius 1 is 1.19 bits per heavy atom. The normalized spacial score (nSPS) is 19.5. The van der Waals surface area contributed by atoms with Gasteiger partial charge >= 0.3 is 5.97 Å². The molecule has 1 N–H and O–H groups in total. The van der Waals surface area contributed by atoms with E-state index in [0.29, 0.717) is 6.42 Å². The molecule has 1 aliphatic rings. The van der Waals surface area contributed by atoms with E-state index < -0.39 is 12.0 Å². The third-order valence-corrected chi connectivity index (χ3v) is 6.61. The summed E-state index contributed by atoms with van der Waals surface area (Å²) in [5, 5.41) is 13.2. The van der Waals surface area contributed by atoms with E-state index in [1.807, 2.05) is 12.1 Å². The minimum Gasteiger partial charge on any atom is -0.480 e. The molecule has 2 aromatic carbocycles. The number of carboxylic acids is 1. The van der Waals surface area contributed by atoms with Crippen LogP contribution in [0.25, 0.3) is 10.1 Å². The molecule has 1 aliphatic heterocycles. The van der Waals surface area contributed by atoms with E-state index in [2.05, 4.69) is 62.6 Å². The third kappa shape index (κ3) is 3.31. The predicted octanol–water partition coefficient (Wildman–Crippen LogP) is 5.69. The Hall–Kier alpha value is -1.69. The fraction of sp³-hybridized carbons (Fsp3) is 0.286. The van der Waals surface area contributed by atoms with Crippen molar-refractivity contribution in [2.45, 2.75) is 31.3 Å². The van der Waals surface area contributed by atoms with Crippen molar-refractivity contribution in [3.8, 4) is 0 Å². The molecule has 3 aromatic rings. The molecule has 2 heterocycles. The number of likely N-dealkylation sites (tertiary alicyclic amines) is 1. The van der Waals surface area contributed by atoms with Gasteiger partial charge in [0.05, 0.1) is 6.04 Å². The highest BCUT2D eigenvalue weighted by molar-refractivity contribution is 9.10. The number of halogens is 1. The number of thiophene rings is 1. The zero-order chi connectivity index (χ0) is 18.1. The Morgan fingerprint density at radius 2 is 2.04 bits per heavy atom. The molecule has 2 atom stereocenters. The van der Waals surface area contributed by atoms with Gasteiger partial charge in [-0.1, -0.05) is 52.7 Å². The smallest absolute Gasteiger partial charge is 0.320 e. The van der Waals surface area contributed by atoms with Gasteiger partial charge in [-0.05, 0) is 59.5 Å². The van der Waals surface area contributed by atoms with Gasteiger partial charge in [-0.3, -0.25) is 9.69 Å². The van der Waals surface area contributed by atoms with E-state index in [-0.39, 0.29) is 6.04 Å². The summed E-state index contributed by atoms with van der Waals surface area (Å²) in [6.45, 7) is 0.804. The first-order valence-corrected chi connectivity index (χ1v) is 10.5. The molecule has 1 fully saturated rings. The number of hydrogen-bond donors (Lipinski definition) is 1. The zero-order valence-electron chi connectivity index (χ0n) is 14.3. The van der Waals surface area contributed by atoms with Crippen LogP contribution in [0.2, 0.25) is 0 Å². The molecule has 5 heteroatoms. The van der Waals surface area contributed by atoms with Gasteiger partial charge in [-0.2, -0.15) is 0 Å². The summed E-state index contributed by atoms with van der Waals surface area (Å²) in [5.74, 6) is -0.718. The number of fused-ring (bicyclic) bond motifs is 1. The summed E-state index contributed by atoms with van der Waals surface area (Å²) in [5.41, 5.74) is 2.34. The van der Waals surface area contributed by atoms with Gasteiger partial charge in [0.2, 0.25) is 0 Å². The maximum Gasteiger partial charge on any atom is 0.320 e. The van der Waals surface area contributed by atoms with Gasteiger partial charge in [-0.25, -0.2) is 0 Å². The molecule has 0 bridgehead atoms. The molecule has 26 heavy (non-hydrogen) atoms. The lowest BCUT2D eigenvalue weighted by Gasteiger charge is -2.39. The monoisotopic (exact) mass is 429 g/mol. The van der Waals surface area contributed by atoms with Crippen molar-refractivity contribution in [3.05, 3.63) is 69.5 Å². The maximum atomic E-state index is 12.0. The predicted molar refractivity (Wildman–Crippen MR) is 110 cm³/mol. The number of benzene rings is 2. The van der Waals surface area contributed by atoms with Crippen LogP contribution in [0.5, 0.6) is 0 Å². The van der Waals surface area contributed by atoms with Crippen molar-refractivity contribution < 1.29 is 9.90 Å². The molecule has 0 radical (unpaired) electrons. The van der Waals surface area contributed by atoms with Crippen molar-refractivity contribution in [1.82, 2.24) is 4.90 Å². The van der Waals surface area contributed by atoms with Gasteiger partial charge in [0.1, 0.15) is 6.04 Å². The summed E-state index contributed by atoms with van der Waals surface area (Å²) < 4.78 is 2.26. The zero-order valence-corrected chi connectivity index (χ0v) is 16.7. The molecule has 3 nitrogen and oxygen atoms in total. The SMILES string of the molecule is O=C(O)C1CCCCN1C(c1cccc(Br)c1)c1csc2ccccc12.